The summed E-state index contributed by atoms with van der Waals surface area (Å²) in [4.78, 5) is 13.8. The van der Waals surface area contributed by atoms with E-state index >= 15 is 0 Å². The van der Waals surface area contributed by atoms with Gasteiger partial charge in [-0.25, -0.2) is 0 Å². The summed E-state index contributed by atoms with van der Waals surface area (Å²) in [5.41, 5.74) is 0.321. The van der Waals surface area contributed by atoms with Crippen molar-refractivity contribution >= 4 is 13.7 Å². The molecule has 4 aliphatic rings. The van der Waals surface area contributed by atoms with Crippen molar-refractivity contribution in [3.63, 3.8) is 0 Å². The monoisotopic (exact) mass is 247 g/mol. The fourth-order valence-electron chi connectivity index (χ4n) is 6.42. The molecule has 1 saturated heterocycles. The van der Waals surface area contributed by atoms with Gasteiger partial charge in [0.2, 0.25) is 9.28 Å². The average Bonchev–Trinajstić information content (AvgIpc) is 3.04. The Bertz CT molecular complexity index is 420. The second-order valence-corrected chi connectivity index (χ2v) is 6.80. The lowest BCUT2D eigenvalue weighted by atomic mass is 9.64. The maximum Gasteiger partial charge on any atom is 0.210 e. The molecule has 3 aliphatic carbocycles. The van der Waals surface area contributed by atoms with Crippen molar-refractivity contribution in [1.29, 1.82) is 1.43 Å². The largest absolute Gasteiger partial charge is 0.394 e. The molecule has 3 saturated carbocycles. The van der Waals surface area contributed by atoms with Crippen molar-refractivity contribution in [1.82, 2.24) is 4.90 Å². The van der Waals surface area contributed by atoms with Crippen LogP contribution in [0.4, 0.5) is 4.79 Å². The van der Waals surface area contributed by atoms with Gasteiger partial charge < -0.3 is 10.0 Å². The van der Waals surface area contributed by atoms with Gasteiger partial charge in [0.15, 0.2) is 5.81 Å². The number of amides is 1. The molecule has 0 aromatic rings. The molecule has 6 atom stereocenters. The van der Waals surface area contributed by atoms with Crippen molar-refractivity contribution < 1.29 is 9.90 Å². The first-order valence-electron chi connectivity index (χ1n) is 7.77. The summed E-state index contributed by atoms with van der Waals surface area (Å²) in [6.07, 6.45) is 7.54. The lowest BCUT2D eigenvalue weighted by Gasteiger charge is -2.39. The smallest absolute Gasteiger partial charge is 0.210 e. The average molecular weight is 247 g/mol. The van der Waals surface area contributed by atoms with Crippen LogP contribution in [0.5, 0.6) is 0 Å². The molecule has 2 bridgehead atoms. The van der Waals surface area contributed by atoms with E-state index in [0.717, 1.165) is 18.3 Å². The second-order valence-electron chi connectivity index (χ2n) is 6.80. The van der Waals surface area contributed by atoms with Gasteiger partial charge in [0.05, 0.1) is 12.6 Å². The molecular weight excluding hydrogens is 225 g/mol. The third-order valence-electron chi connectivity index (χ3n) is 6.60. The number of carbonyl (C=O) groups is 1. The fraction of sp³-hybridized carbons (Fsp3) is 0.929. The van der Waals surface area contributed by atoms with Crippen LogP contribution in [0, 0.1) is 23.2 Å². The molecule has 4 heteroatoms. The van der Waals surface area contributed by atoms with Crippen LogP contribution in [-0.4, -0.2) is 43.8 Å². The van der Waals surface area contributed by atoms with E-state index in [-0.39, 0.29) is 11.8 Å². The Morgan fingerprint density at radius 1 is 1.50 bits per heavy atom. The minimum Gasteiger partial charge on any atom is -0.394 e. The van der Waals surface area contributed by atoms with E-state index in [1.165, 1.54) is 32.1 Å². The van der Waals surface area contributed by atoms with Crippen molar-refractivity contribution in [2.75, 3.05) is 6.61 Å². The molecule has 4 fully saturated rings. The number of hydrogen-bond donors (Lipinski definition) is 1. The molecule has 1 amide bonds. The molecule has 1 aliphatic heterocycles. The first kappa shape index (κ1) is 10.3. The molecule has 96 valence electrons. The Balaban J connectivity index is 1.78. The highest BCUT2D eigenvalue weighted by atomic mass is 16.3. The number of aliphatic hydroxyl groups is 1. The number of hydrogen-bond acceptors (Lipinski definition) is 2. The predicted octanol–water partition coefficient (Wildman–Crippen LogP) is 1.54. The molecule has 2 radical (unpaired) electrons. The predicted molar refractivity (Wildman–Crippen MR) is 68.3 cm³/mol. The van der Waals surface area contributed by atoms with Gasteiger partial charge in [0.25, 0.3) is 0 Å². The van der Waals surface area contributed by atoms with E-state index in [1.54, 1.807) is 0 Å². The first-order chi connectivity index (χ1) is 9.20. The Hall–Kier alpha value is -0.505. The van der Waals surface area contributed by atoms with Gasteiger partial charge in [-0.05, 0) is 55.3 Å². The van der Waals surface area contributed by atoms with Gasteiger partial charge >= 0.3 is 0 Å². The van der Waals surface area contributed by atoms with E-state index in [1.807, 2.05) is 4.90 Å². The molecule has 18 heavy (non-hydrogen) atoms. The van der Waals surface area contributed by atoms with E-state index in [9.17, 15) is 4.79 Å². The zero-order chi connectivity index (χ0) is 13.2. The first-order valence-corrected chi connectivity index (χ1v) is 7.36. The normalized spacial score (nSPS) is 53.4. The summed E-state index contributed by atoms with van der Waals surface area (Å²) in [6, 6.07) is 0.376. The van der Waals surface area contributed by atoms with Crippen LogP contribution in [0.2, 0.25) is 0 Å². The van der Waals surface area contributed by atoms with E-state index in [2.05, 4.69) is 5.11 Å². The van der Waals surface area contributed by atoms with Gasteiger partial charge in [-0.1, -0.05) is 6.42 Å². The third kappa shape index (κ3) is 1.06. The van der Waals surface area contributed by atoms with Crippen molar-refractivity contribution in [2.45, 2.75) is 50.6 Å². The summed E-state index contributed by atoms with van der Waals surface area (Å²) in [6.45, 7) is 0.328. The van der Waals surface area contributed by atoms with Crippen LogP contribution < -0.4 is 0 Å². The Morgan fingerprint density at radius 2 is 2.39 bits per heavy atom. The maximum absolute atomic E-state index is 11.9. The van der Waals surface area contributed by atoms with Crippen LogP contribution in [-0.2, 0) is 0 Å². The highest BCUT2D eigenvalue weighted by Gasteiger charge is 2.70. The van der Waals surface area contributed by atoms with E-state index in [0.29, 0.717) is 24.0 Å². The summed E-state index contributed by atoms with van der Waals surface area (Å²) < 4.78 is 7.11. The molecule has 0 aromatic heterocycles. The van der Waals surface area contributed by atoms with Gasteiger partial charge in [-0.15, -0.1) is 0 Å². The summed E-state index contributed by atoms with van der Waals surface area (Å²) in [7, 11) is 5.66. The molecule has 1 heterocycles. The van der Waals surface area contributed by atoms with Crippen molar-refractivity contribution in [2.24, 2.45) is 23.2 Å². The van der Waals surface area contributed by atoms with Crippen molar-refractivity contribution in [3.05, 3.63) is 0 Å². The standard InChI is InChI=1S/C14H20BNO2/c15-13(18)16-10(7-17)12-8-3-4-9(6-8)14(12)5-1-2-11(14)16/h8-12,17H,1-7H2/t8?,9?,10-,11?,12?,14?/m1/s1/i17T. The van der Waals surface area contributed by atoms with Gasteiger partial charge in [0, 0.05) is 6.04 Å². The minimum absolute atomic E-state index is 0.0515. The zero-order valence-electron chi connectivity index (χ0n) is 11.7. The number of carbonyl (C=O) groups excluding carboxylic acids is 1. The van der Waals surface area contributed by atoms with Crippen LogP contribution >= 0.6 is 0 Å². The van der Waals surface area contributed by atoms with Crippen LogP contribution in [0.3, 0.4) is 0 Å². The van der Waals surface area contributed by atoms with Gasteiger partial charge in [-0.3, -0.25) is 4.79 Å². The van der Waals surface area contributed by atoms with Gasteiger partial charge in [0.1, 0.15) is 0 Å². The molecule has 4 rings (SSSR count). The molecule has 1 N–H and O–H groups in total. The lowest BCUT2D eigenvalue weighted by molar-refractivity contribution is 0.0895. The quantitative estimate of drug-likeness (QED) is 0.752. The minimum atomic E-state index is -0.304. The Morgan fingerprint density at radius 3 is 3.17 bits per heavy atom. The highest BCUT2D eigenvalue weighted by Crippen LogP contribution is 2.71. The maximum atomic E-state index is 11.9. The van der Waals surface area contributed by atoms with Crippen LogP contribution in [0.25, 0.3) is 0 Å². The van der Waals surface area contributed by atoms with Crippen LogP contribution in [0.1, 0.15) is 38.5 Å². The highest BCUT2D eigenvalue weighted by molar-refractivity contribution is 6.57. The molecule has 3 nitrogen and oxygen atoms in total. The van der Waals surface area contributed by atoms with Crippen molar-refractivity contribution in [3.8, 4) is 0 Å². The molecule has 0 aromatic carbocycles. The molecule has 5 unspecified atom stereocenters. The topological polar surface area (TPSA) is 40.5 Å². The number of rotatable bonds is 2. The summed E-state index contributed by atoms with van der Waals surface area (Å²) in [5, 5.41) is 4.68. The number of aliphatic hydroxyl groups excluding tert-OH is 1. The molecule has 1 spiro atoms. The SMILES string of the molecule is [3H]OC[C@@H]1C2C3CCC(C3)C23CCCC3N1C([B])=O. The van der Waals surface area contributed by atoms with Gasteiger partial charge in [-0.2, -0.15) is 0 Å². The van der Waals surface area contributed by atoms with E-state index < -0.39 is 0 Å². The fourth-order valence-corrected chi connectivity index (χ4v) is 6.42. The number of fused-ring (bicyclic) bond motifs is 3. The second kappa shape index (κ2) is 3.53. The summed E-state index contributed by atoms with van der Waals surface area (Å²) in [5.74, 6) is 1.75. The number of likely N-dealkylation sites (tertiary alicyclic amines) is 1. The number of nitrogens with zero attached hydrogens (tertiary/aromatic N) is 1. The van der Waals surface area contributed by atoms with Crippen LogP contribution in [0.15, 0.2) is 0 Å². The third-order valence-corrected chi connectivity index (χ3v) is 6.60. The Kier molecular flexibility index (Phi) is 2.02. The Labute approximate surface area is 111 Å². The van der Waals surface area contributed by atoms with E-state index in [4.69, 9.17) is 9.28 Å². The zero-order valence-corrected chi connectivity index (χ0v) is 10.7. The lowest BCUT2D eigenvalue weighted by Crippen LogP contribution is -2.45. The molecular formula is C14H20BNO2. The summed E-state index contributed by atoms with van der Waals surface area (Å²) >= 11 is 0.